The average Bonchev–Trinajstić information content (AvgIpc) is 3.23. The summed E-state index contributed by atoms with van der Waals surface area (Å²) >= 11 is 0. The summed E-state index contributed by atoms with van der Waals surface area (Å²) in [5, 5.41) is 5.00. The van der Waals surface area contributed by atoms with Gasteiger partial charge < -0.3 is 4.74 Å². The van der Waals surface area contributed by atoms with Gasteiger partial charge in [0.2, 0.25) is 0 Å². The van der Waals surface area contributed by atoms with E-state index in [9.17, 15) is 14.0 Å². The fourth-order valence-electron chi connectivity index (χ4n) is 3.72. The first kappa shape index (κ1) is 18.0. The molecular weight excluding hydrogens is 387 g/mol. The quantitative estimate of drug-likeness (QED) is 0.489. The highest BCUT2D eigenvalue weighted by molar-refractivity contribution is 6.37. The van der Waals surface area contributed by atoms with Crippen molar-refractivity contribution in [3.8, 4) is 11.4 Å². The molecule has 0 radical (unpaired) electrons. The van der Waals surface area contributed by atoms with E-state index in [1.165, 1.54) is 24.4 Å². The van der Waals surface area contributed by atoms with E-state index < -0.39 is 17.6 Å². The summed E-state index contributed by atoms with van der Waals surface area (Å²) in [6, 6.07) is 12.9. The molecule has 0 bridgehead atoms. The number of imide groups is 1. The van der Waals surface area contributed by atoms with Crippen LogP contribution in [0.3, 0.4) is 0 Å². The molecule has 1 aliphatic heterocycles. The van der Waals surface area contributed by atoms with E-state index >= 15 is 0 Å². The van der Waals surface area contributed by atoms with Crippen LogP contribution in [0.5, 0.6) is 5.75 Å². The normalized spacial score (nSPS) is 13.2. The number of carbonyl (C=O) groups is 2. The summed E-state index contributed by atoms with van der Waals surface area (Å²) in [4.78, 5) is 31.4. The minimum Gasteiger partial charge on any atom is -0.497 e. The predicted molar refractivity (Wildman–Crippen MR) is 108 cm³/mol. The molecule has 8 heteroatoms. The average molecular weight is 402 g/mol. The first-order chi connectivity index (χ1) is 14.5. The van der Waals surface area contributed by atoms with Gasteiger partial charge in [-0.15, -0.1) is 0 Å². The zero-order valence-electron chi connectivity index (χ0n) is 16.1. The van der Waals surface area contributed by atoms with Crippen LogP contribution in [0.2, 0.25) is 0 Å². The summed E-state index contributed by atoms with van der Waals surface area (Å²) < 4.78 is 21.1. The number of anilines is 1. The topological polar surface area (TPSA) is 77.3 Å². The van der Waals surface area contributed by atoms with Crippen molar-refractivity contribution in [2.45, 2.75) is 6.92 Å². The number of halogens is 1. The van der Waals surface area contributed by atoms with Gasteiger partial charge in [-0.2, -0.15) is 5.10 Å². The molecule has 5 rings (SSSR count). The number of aromatic nitrogens is 3. The van der Waals surface area contributed by atoms with E-state index in [4.69, 9.17) is 4.74 Å². The molecule has 2 aromatic heterocycles. The second kappa shape index (κ2) is 6.48. The Balaban J connectivity index is 1.70. The minimum absolute atomic E-state index is 0.0861. The lowest BCUT2D eigenvalue weighted by atomic mass is 10.1. The number of carbonyl (C=O) groups excluding carboxylic acids is 2. The molecule has 148 valence electrons. The Bertz CT molecular complexity index is 1340. The molecule has 2 amide bonds. The second-order valence-corrected chi connectivity index (χ2v) is 6.84. The minimum atomic E-state index is -0.651. The van der Waals surface area contributed by atoms with Crippen LogP contribution in [0.1, 0.15) is 26.4 Å². The molecular formula is C22H15FN4O3. The Morgan fingerprint density at radius 1 is 1.00 bits per heavy atom. The van der Waals surface area contributed by atoms with Crippen LogP contribution in [-0.4, -0.2) is 33.7 Å². The van der Waals surface area contributed by atoms with Gasteiger partial charge >= 0.3 is 0 Å². The van der Waals surface area contributed by atoms with Gasteiger partial charge in [-0.05, 0) is 43.3 Å². The van der Waals surface area contributed by atoms with E-state index in [2.05, 4.69) is 10.1 Å². The summed E-state index contributed by atoms with van der Waals surface area (Å²) in [6.45, 7) is 1.74. The first-order valence-electron chi connectivity index (χ1n) is 9.17. The Labute approximate surface area is 170 Å². The maximum Gasteiger partial charge on any atom is 0.267 e. The largest absolute Gasteiger partial charge is 0.497 e. The van der Waals surface area contributed by atoms with Crippen molar-refractivity contribution in [3.05, 3.63) is 77.4 Å². The standard InChI is InChI=1S/C22H15FN4O3/c1-12-18-19-15(21(28)26(22(19)29)17-6-4-3-5-16(17)23)11-24-20(18)27(25-12)13-7-9-14(30-2)10-8-13/h3-11H,1-2H3. The van der Waals surface area contributed by atoms with Gasteiger partial charge in [0.15, 0.2) is 5.65 Å². The fraction of sp³-hybridized carbons (Fsp3) is 0.0909. The molecule has 30 heavy (non-hydrogen) atoms. The van der Waals surface area contributed by atoms with Crippen molar-refractivity contribution in [1.29, 1.82) is 0 Å². The number of methoxy groups -OCH3 is 1. The monoisotopic (exact) mass is 402 g/mol. The van der Waals surface area contributed by atoms with Crippen molar-refractivity contribution in [2.24, 2.45) is 0 Å². The fourth-order valence-corrected chi connectivity index (χ4v) is 3.72. The third-order valence-electron chi connectivity index (χ3n) is 5.13. The maximum absolute atomic E-state index is 14.3. The van der Waals surface area contributed by atoms with Crippen LogP contribution < -0.4 is 9.64 Å². The molecule has 0 unspecified atom stereocenters. The number of nitrogens with zero attached hydrogens (tertiary/aromatic N) is 4. The molecule has 0 spiro atoms. The lowest BCUT2D eigenvalue weighted by Crippen LogP contribution is -2.30. The number of para-hydroxylation sites is 1. The van der Waals surface area contributed by atoms with E-state index in [1.807, 2.05) is 12.1 Å². The first-order valence-corrected chi connectivity index (χ1v) is 9.17. The molecule has 0 atom stereocenters. The molecule has 7 nitrogen and oxygen atoms in total. The molecule has 0 fully saturated rings. The van der Waals surface area contributed by atoms with Crippen LogP contribution in [0.4, 0.5) is 10.1 Å². The molecule has 3 heterocycles. The van der Waals surface area contributed by atoms with Crippen LogP contribution in [-0.2, 0) is 0 Å². The van der Waals surface area contributed by atoms with E-state index in [1.54, 1.807) is 36.9 Å². The number of amides is 2. The third-order valence-corrected chi connectivity index (χ3v) is 5.13. The van der Waals surface area contributed by atoms with Crippen LogP contribution >= 0.6 is 0 Å². The number of ether oxygens (including phenoxy) is 1. The highest BCUT2D eigenvalue weighted by Gasteiger charge is 2.40. The Morgan fingerprint density at radius 3 is 2.43 bits per heavy atom. The molecule has 0 saturated carbocycles. The third kappa shape index (κ3) is 2.43. The van der Waals surface area contributed by atoms with Crippen molar-refractivity contribution in [1.82, 2.24) is 14.8 Å². The number of aryl methyl sites for hydroxylation is 1. The van der Waals surface area contributed by atoms with Gasteiger partial charge in [0.1, 0.15) is 11.6 Å². The predicted octanol–water partition coefficient (Wildman–Crippen LogP) is 3.68. The maximum atomic E-state index is 14.3. The highest BCUT2D eigenvalue weighted by Crippen LogP contribution is 2.35. The van der Waals surface area contributed by atoms with E-state index in [-0.39, 0.29) is 16.8 Å². The van der Waals surface area contributed by atoms with Crippen molar-refractivity contribution in [3.63, 3.8) is 0 Å². The number of benzene rings is 2. The van der Waals surface area contributed by atoms with E-state index in [0.29, 0.717) is 22.5 Å². The van der Waals surface area contributed by atoms with Crippen molar-refractivity contribution < 1.29 is 18.7 Å². The highest BCUT2D eigenvalue weighted by atomic mass is 19.1. The molecule has 1 aliphatic rings. The van der Waals surface area contributed by atoms with Gasteiger partial charge in [-0.3, -0.25) is 9.59 Å². The lowest BCUT2D eigenvalue weighted by molar-refractivity contribution is 0.0925. The summed E-state index contributed by atoms with van der Waals surface area (Å²) in [5.41, 5.74) is 1.94. The Hall–Kier alpha value is -4.07. The summed E-state index contributed by atoms with van der Waals surface area (Å²) in [7, 11) is 1.58. The molecule has 0 aliphatic carbocycles. The zero-order chi connectivity index (χ0) is 21.0. The van der Waals surface area contributed by atoms with Crippen LogP contribution in [0, 0.1) is 12.7 Å². The number of pyridine rings is 1. The number of rotatable bonds is 3. The van der Waals surface area contributed by atoms with Gasteiger partial charge in [0.05, 0.1) is 40.7 Å². The molecule has 0 N–H and O–H groups in total. The Kier molecular flexibility index (Phi) is 3.89. The zero-order valence-corrected chi connectivity index (χ0v) is 16.1. The lowest BCUT2D eigenvalue weighted by Gasteiger charge is -2.14. The van der Waals surface area contributed by atoms with Crippen molar-refractivity contribution in [2.75, 3.05) is 12.0 Å². The van der Waals surface area contributed by atoms with Gasteiger partial charge in [0.25, 0.3) is 11.8 Å². The molecule has 2 aromatic carbocycles. The van der Waals surface area contributed by atoms with Crippen LogP contribution in [0.15, 0.2) is 54.7 Å². The van der Waals surface area contributed by atoms with E-state index in [0.717, 1.165) is 10.6 Å². The molecule has 4 aromatic rings. The van der Waals surface area contributed by atoms with Crippen molar-refractivity contribution >= 4 is 28.5 Å². The summed E-state index contributed by atoms with van der Waals surface area (Å²) in [5.74, 6) is -1.15. The van der Waals surface area contributed by atoms with Crippen LogP contribution in [0.25, 0.3) is 16.7 Å². The number of hydrogen-bond donors (Lipinski definition) is 0. The second-order valence-electron chi connectivity index (χ2n) is 6.84. The van der Waals surface area contributed by atoms with Gasteiger partial charge in [0, 0.05) is 6.20 Å². The SMILES string of the molecule is COc1ccc(-n2nc(C)c3c4c(cnc32)C(=O)N(c2ccccc2F)C4=O)cc1. The summed E-state index contributed by atoms with van der Waals surface area (Å²) in [6.07, 6.45) is 1.35. The number of hydrogen-bond acceptors (Lipinski definition) is 5. The Morgan fingerprint density at radius 2 is 1.73 bits per heavy atom. The van der Waals surface area contributed by atoms with Gasteiger partial charge in [-0.25, -0.2) is 19.0 Å². The van der Waals surface area contributed by atoms with Gasteiger partial charge in [-0.1, -0.05) is 12.1 Å². The molecule has 0 saturated heterocycles. The number of fused-ring (bicyclic) bond motifs is 3. The smallest absolute Gasteiger partial charge is 0.267 e.